The summed E-state index contributed by atoms with van der Waals surface area (Å²) in [7, 11) is 0. The van der Waals surface area contributed by atoms with Gasteiger partial charge >= 0.3 is 0 Å². The number of aromatic nitrogens is 4. The highest BCUT2D eigenvalue weighted by molar-refractivity contribution is 5.91. The van der Waals surface area contributed by atoms with Crippen LogP contribution in [0, 0.1) is 27.7 Å². The zero-order chi connectivity index (χ0) is 21.4. The van der Waals surface area contributed by atoms with Crippen molar-refractivity contribution in [2.75, 3.05) is 5.32 Å². The van der Waals surface area contributed by atoms with E-state index >= 15 is 0 Å². The predicted octanol–water partition coefficient (Wildman–Crippen LogP) is 3.18. The van der Waals surface area contributed by atoms with Crippen molar-refractivity contribution in [3.63, 3.8) is 0 Å². The molecule has 1 amide bonds. The number of rotatable bonds is 4. The van der Waals surface area contributed by atoms with Gasteiger partial charge in [-0.05, 0) is 76.6 Å². The number of aryl methyl sites for hydroxylation is 5. The van der Waals surface area contributed by atoms with E-state index in [9.17, 15) is 9.59 Å². The molecule has 1 aliphatic carbocycles. The Morgan fingerprint density at radius 1 is 1.10 bits per heavy atom. The van der Waals surface area contributed by atoms with Gasteiger partial charge in [0.15, 0.2) is 0 Å². The van der Waals surface area contributed by atoms with Crippen molar-refractivity contribution in [1.82, 2.24) is 19.3 Å². The highest BCUT2D eigenvalue weighted by Gasteiger charge is 2.23. The fraction of sp³-hybridized carbons (Fsp3) is 0.391. The van der Waals surface area contributed by atoms with Crippen molar-refractivity contribution in [3.8, 4) is 5.95 Å². The predicted molar refractivity (Wildman–Crippen MR) is 116 cm³/mol. The number of hydrogen-bond donors (Lipinski definition) is 1. The largest absolute Gasteiger partial charge is 0.324 e. The maximum Gasteiger partial charge on any atom is 0.258 e. The molecule has 0 atom stereocenters. The molecule has 0 unspecified atom stereocenters. The Balaban J connectivity index is 1.76. The van der Waals surface area contributed by atoms with Crippen LogP contribution in [-0.2, 0) is 24.2 Å². The Kier molecular flexibility index (Phi) is 5.28. The summed E-state index contributed by atoms with van der Waals surface area (Å²) >= 11 is 0. The number of carbonyl (C=O) groups excluding carboxylic acids is 1. The minimum atomic E-state index is -0.258. The van der Waals surface area contributed by atoms with E-state index in [0.29, 0.717) is 12.4 Å². The molecule has 0 bridgehead atoms. The average Bonchev–Trinajstić information content (AvgIpc) is 3.04. The lowest BCUT2D eigenvalue weighted by Gasteiger charge is -2.20. The van der Waals surface area contributed by atoms with Gasteiger partial charge in [0.2, 0.25) is 11.9 Å². The molecule has 1 aromatic carbocycles. The van der Waals surface area contributed by atoms with Crippen molar-refractivity contribution in [2.24, 2.45) is 0 Å². The Morgan fingerprint density at radius 2 is 1.87 bits per heavy atom. The topological polar surface area (TPSA) is 81.8 Å². The highest BCUT2D eigenvalue weighted by Crippen LogP contribution is 2.20. The summed E-state index contributed by atoms with van der Waals surface area (Å²) in [5.74, 6) is 0.147. The van der Waals surface area contributed by atoms with E-state index in [0.717, 1.165) is 58.7 Å². The molecule has 2 aromatic heterocycles. The molecule has 0 saturated heterocycles. The van der Waals surface area contributed by atoms with Gasteiger partial charge in [0, 0.05) is 16.9 Å². The fourth-order valence-electron chi connectivity index (χ4n) is 4.02. The Labute approximate surface area is 175 Å². The van der Waals surface area contributed by atoms with E-state index in [1.807, 2.05) is 52.0 Å². The Hall–Kier alpha value is -3.22. The molecule has 3 aromatic rings. The number of nitrogens with one attached hydrogen (secondary N) is 1. The van der Waals surface area contributed by atoms with E-state index in [4.69, 9.17) is 4.98 Å². The summed E-state index contributed by atoms with van der Waals surface area (Å²) in [4.78, 5) is 31.0. The van der Waals surface area contributed by atoms with Crippen LogP contribution in [0.25, 0.3) is 5.95 Å². The van der Waals surface area contributed by atoms with Gasteiger partial charge in [-0.2, -0.15) is 5.10 Å². The van der Waals surface area contributed by atoms with Crippen LogP contribution in [0.3, 0.4) is 0 Å². The van der Waals surface area contributed by atoms with Gasteiger partial charge in [-0.3, -0.25) is 14.2 Å². The summed E-state index contributed by atoms with van der Waals surface area (Å²) in [5.41, 5.74) is 5.93. The van der Waals surface area contributed by atoms with Gasteiger partial charge in [-0.15, -0.1) is 0 Å². The van der Waals surface area contributed by atoms with Gasteiger partial charge in [0.25, 0.3) is 5.56 Å². The van der Waals surface area contributed by atoms with Crippen molar-refractivity contribution < 1.29 is 4.79 Å². The van der Waals surface area contributed by atoms with Crippen molar-refractivity contribution in [1.29, 1.82) is 0 Å². The van der Waals surface area contributed by atoms with Crippen LogP contribution in [0.5, 0.6) is 0 Å². The number of amides is 1. The summed E-state index contributed by atoms with van der Waals surface area (Å²) in [6.07, 6.45) is 3.48. The lowest BCUT2D eigenvalue weighted by molar-refractivity contribution is -0.116. The number of fused-ring (bicyclic) bond motifs is 1. The van der Waals surface area contributed by atoms with Crippen LogP contribution in [-0.4, -0.2) is 25.2 Å². The zero-order valence-electron chi connectivity index (χ0n) is 18.0. The van der Waals surface area contributed by atoms with Gasteiger partial charge in [0.1, 0.15) is 6.54 Å². The third-order valence-corrected chi connectivity index (χ3v) is 5.59. The molecule has 4 rings (SSSR count). The van der Waals surface area contributed by atoms with Crippen molar-refractivity contribution >= 4 is 11.6 Å². The van der Waals surface area contributed by atoms with Gasteiger partial charge in [0.05, 0.1) is 11.4 Å². The minimum Gasteiger partial charge on any atom is -0.324 e. The first-order valence-corrected chi connectivity index (χ1v) is 10.4. The van der Waals surface area contributed by atoms with Crippen LogP contribution in [0.4, 0.5) is 5.69 Å². The molecular weight excluding hydrogens is 378 g/mol. The quantitative estimate of drug-likeness (QED) is 0.723. The van der Waals surface area contributed by atoms with Gasteiger partial charge < -0.3 is 5.32 Å². The number of benzene rings is 1. The maximum absolute atomic E-state index is 13.3. The minimum absolute atomic E-state index is 0.111. The average molecular weight is 406 g/mol. The Morgan fingerprint density at radius 3 is 2.60 bits per heavy atom. The third kappa shape index (κ3) is 3.79. The van der Waals surface area contributed by atoms with Gasteiger partial charge in [-0.25, -0.2) is 9.67 Å². The molecule has 1 N–H and O–H groups in total. The van der Waals surface area contributed by atoms with Crippen LogP contribution in [0.1, 0.15) is 46.6 Å². The first kappa shape index (κ1) is 20.1. The molecule has 156 valence electrons. The molecule has 0 saturated carbocycles. The first-order valence-electron chi connectivity index (χ1n) is 10.4. The molecule has 0 aliphatic heterocycles. The van der Waals surface area contributed by atoms with E-state index in [1.54, 1.807) is 4.68 Å². The first-order chi connectivity index (χ1) is 14.3. The second kappa shape index (κ2) is 7.89. The third-order valence-electron chi connectivity index (χ3n) is 5.59. The van der Waals surface area contributed by atoms with E-state index in [-0.39, 0.29) is 18.0 Å². The maximum atomic E-state index is 13.3. The molecule has 0 spiro atoms. The van der Waals surface area contributed by atoms with Crippen LogP contribution < -0.4 is 10.9 Å². The number of carbonyl (C=O) groups is 1. The van der Waals surface area contributed by atoms with Crippen molar-refractivity contribution in [2.45, 2.75) is 59.9 Å². The SMILES string of the molecule is Cc1ccc(C)c(NC(=O)Cn2c(-n3nc(C)cc3C)nc3c(c2=O)CCCC3)c1. The van der Waals surface area contributed by atoms with Crippen molar-refractivity contribution in [3.05, 3.63) is 68.4 Å². The summed E-state index contributed by atoms with van der Waals surface area (Å²) in [5, 5.41) is 7.46. The second-order valence-corrected chi connectivity index (χ2v) is 8.14. The molecule has 7 nitrogen and oxygen atoms in total. The standard InChI is InChI=1S/C23H27N5O2/c1-14-9-10-15(2)20(11-14)24-21(29)13-27-22(30)18-7-5-6-8-19(18)25-23(27)28-17(4)12-16(3)26-28/h9-12H,5-8,13H2,1-4H3,(H,24,29). The molecule has 0 fully saturated rings. The molecule has 7 heteroatoms. The zero-order valence-corrected chi connectivity index (χ0v) is 18.0. The normalized spacial score (nSPS) is 13.2. The molecule has 30 heavy (non-hydrogen) atoms. The number of anilines is 1. The lowest BCUT2D eigenvalue weighted by atomic mass is 9.97. The Bertz CT molecular complexity index is 1190. The van der Waals surface area contributed by atoms with Gasteiger partial charge in [-0.1, -0.05) is 12.1 Å². The van der Waals surface area contributed by atoms with E-state index < -0.39 is 0 Å². The van der Waals surface area contributed by atoms with E-state index in [1.165, 1.54) is 4.57 Å². The second-order valence-electron chi connectivity index (χ2n) is 8.14. The van der Waals surface area contributed by atoms with Crippen LogP contribution >= 0.6 is 0 Å². The summed E-state index contributed by atoms with van der Waals surface area (Å²) in [6, 6.07) is 7.85. The summed E-state index contributed by atoms with van der Waals surface area (Å²) in [6.45, 7) is 7.64. The monoisotopic (exact) mass is 405 g/mol. The molecule has 0 radical (unpaired) electrons. The fourth-order valence-corrected chi connectivity index (χ4v) is 4.02. The molecule has 1 aliphatic rings. The van der Waals surface area contributed by atoms with Crippen LogP contribution in [0.15, 0.2) is 29.1 Å². The lowest BCUT2D eigenvalue weighted by Crippen LogP contribution is -2.36. The molecular formula is C23H27N5O2. The smallest absolute Gasteiger partial charge is 0.258 e. The van der Waals surface area contributed by atoms with E-state index in [2.05, 4.69) is 10.4 Å². The number of nitrogens with zero attached hydrogens (tertiary/aromatic N) is 4. The highest BCUT2D eigenvalue weighted by atomic mass is 16.2. The molecule has 2 heterocycles. The van der Waals surface area contributed by atoms with Crippen LogP contribution in [0.2, 0.25) is 0 Å². The number of hydrogen-bond acceptors (Lipinski definition) is 4. The summed E-state index contributed by atoms with van der Waals surface area (Å²) < 4.78 is 3.13.